The smallest absolute Gasteiger partial charge is 0.337 e. The van der Waals surface area contributed by atoms with Gasteiger partial charge in [-0.3, -0.25) is 9.78 Å². The van der Waals surface area contributed by atoms with Gasteiger partial charge in [-0.05, 0) is 79.9 Å². The molecule has 4 heterocycles. The highest BCUT2D eigenvalue weighted by Gasteiger charge is 2.36. The number of pyridine rings is 1. The van der Waals surface area contributed by atoms with Crippen LogP contribution in [0.15, 0.2) is 83.4 Å². The maximum atomic E-state index is 15.4. The second-order valence-corrected chi connectivity index (χ2v) is 12.6. The van der Waals surface area contributed by atoms with Gasteiger partial charge in [-0.25, -0.2) is 9.18 Å². The normalized spacial score (nSPS) is 17.8. The molecule has 0 saturated carbocycles. The molecule has 5 aromatic rings. The number of hydrogen-bond donors (Lipinski definition) is 3. The van der Waals surface area contributed by atoms with Crippen LogP contribution in [0.4, 0.5) is 15.8 Å². The molecule has 3 aromatic carbocycles. The number of methoxy groups -OCH3 is 1. The lowest BCUT2D eigenvalue weighted by molar-refractivity contribution is 0.0697. The number of carbonyl (C=O) groups excluding carboxylic acids is 1. The number of amides is 1. The van der Waals surface area contributed by atoms with Gasteiger partial charge in [0.15, 0.2) is 5.58 Å². The first-order valence-corrected chi connectivity index (χ1v) is 16.8. The Bertz CT molecular complexity index is 2140. The zero-order chi connectivity index (χ0) is 35.5. The highest BCUT2D eigenvalue weighted by Crippen LogP contribution is 2.39. The van der Waals surface area contributed by atoms with E-state index in [1.54, 1.807) is 42.6 Å². The molecule has 2 fully saturated rings. The minimum atomic E-state index is -1.41. The second kappa shape index (κ2) is 14.6. The number of carboxylic acid groups (broad SMARTS) is 1. The maximum absolute atomic E-state index is 15.4. The lowest BCUT2D eigenvalue weighted by Gasteiger charge is -2.37. The largest absolute Gasteiger partial charge is 0.496 e. The molecular weight excluding hydrogens is 653 g/mol. The number of nitriles is 1. The highest BCUT2D eigenvalue weighted by molar-refractivity contribution is 6.10. The van der Waals surface area contributed by atoms with Crippen molar-refractivity contribution in [3.8, 4) is 34.3 Å². The summed E-state index contributed by atoms with van der Waals surface area (Å²) < 4.78 is 33.0. The molecule has 260 valence electrons. The number of hydrogen-bond acceptors (Lipinski definition) is 9. The van der Waals surface area contributed by atoms with Crippen LogP contribution in [0.5, 0.6) is 5.75 Å². The molecule has 0 bridgehead atoms. The van der Waals surface area contributed by atoms with Crippen LogP contribution >= 0.6 is 0 Å². The summed E-state index contributed by atoms with van der Waals surface area (Å²) in [6.45, 7) is 1.90. The number of nitrogens with zero attached hydrogens (tertiary/aromatic N) is 3. The molecule has 12 heteroatoms. The molecule has 2 aliphatic heterocycles. The zero-order valence-corrected chi connectivity index (χ0v) is 27.9. The summed E-state index contributed by atoms with van der Waals surface area (Å²) >= 11 is 0. The number of aromatic nitrogens is 1. The minimum Gasteiger partial charge on any atom is -0.496 e. The molecule has 2 atom stereocenters. The van der Waals surface area contributed by atoms with Crippen LogP contribution in [0.3, 0.4) is 0 Å². The summed E-state index contributed by atoms with van der Waals surface area (Å²) in [7, 11) is 1.47. The Labute approximate surface area is 293 Å². The predicted octanol–water partition coefficient (Wildman–Crippen LogP) is 6.68. The highest BCUT2D eigenvalue weighted by atomic mass is 19.1. The fourth-order valence-electron chi connectivity index (χ4n) is 6.86. The SMILES string of the molecule is COc1cc(C(=O)N(c2ccccc2C(=O)O)C2CCNCC2F)ccc1-c1cc2nccc(-c3ccc(NC4CCOCC4)c(C#N)c3)c2o1. The molecule has 2 unspecified atom stereocenters. The van der Waals surface area contributed by atoms with Crippen molar-refractivity contribution < 1.29 is 33.0 Å². The number of aromatic carboxylic acids is 1. The number of furan rings is 1. The summed E-state index contributed by atoms with van der Waals surface area (Å²) in [6.07, 6.45) is 2.32. The van der Waals surface area contributed by atoms with Crippen molar-refractivity contribution in [2.24, 2.45) is 0 Å². The molecule has 11 nitrogen and oxygen atoms in total. The Hall–Kier alpha value is -5.77. The van der Waals surface area contributed by atoms with Gasteiger partial charge in [0.2, 0.25) is 0 Å². The van der Waals surface area contributed by atoms with Crippen LogP contribution in [-0.4, -0.2) is 73.6 Å². The van der Waals surface area contributed by atoms with E-state index >= 15 is 4.39 Å². The molecule has 0 aliphatic carbocycles. The first-order chi connectivity index (χ1) is 24.9. The number of anilines is 2. The number of fused-ring (bicyclic) bond motifs is 1. The Morgan fingerprint density at radius 1 is 1.06 bits per heavy atom. The van der Waals surface area contributed by atoms with E-state index < -0.39 is 24.1 Å². The van der Waals surface area contributed by atoms with E-state index in [-0.39, 0.29) is 29.4 Å². The minimum absolute atomic E-state index is 0.0448. The zero-order valence-electron chi connectivity index (χ0n) is 27.9. The van der Waals surface area contributed by atoms with Crippen LogP contribution in [0.2, 0.25) is 0 Å². The Balaban J connectivity index is 1.23. The maximum Gasteiger partial charge on any atom is 0.337 e. The molecule has 2 aliphatic rings. The molecule has 51 heavy (non-hydrogen) atoms. The van der Waals surface area contributed by atoms with Gasteiger partial charge in [0, 0.05) is 49.2 Å². The molecule has 2 aromatic heterocycles. The van der Waals surface area contributed by atoms with E-state index in [1.807, 2.05) is 24.3 Å². The Morgan fingerprint density at radius 2 is 1.88 bits per heavy atom. The van der Waals surface area contributed by atoms with Gasteiger partial charge in [0.1, 0.15) is 29.3 Å². The van der Waals surface area contributed by atoms with Crippen molar-refractivity contribution in [3.63, 3.8) is 0 Å². The topological polar surface area (TPSA) is 150 Å². The number of carboxylic acids is 1. The van der Waals surface area contributed by atoms with Gasteiger partial charge in [0.25, 0.3) is 5.91 Å². The number of nitrogens with one attached hydrogen (secondary N) is 2. The van der Waals surface area contributed by atoms with E-state index in [4.69, 9.17) is 13.9 Å². The van der Waals surface area contributed by atoms with E-state index in [9.17, 15) is 20.0 Å². The quantitative estimate of drug-likeness (QED) is 0.153. The summed E-state index contributed by atoms with van der Waals surface area (Å²) in [4.78, 5) is 32.2. The van der Waals surface area contributed by atoms with Crippen molar-refractivity contribution in [3.05, 3.63) is 95.7 Å². The van der Waals surface area contributed by atoms with Crippen LogP contribution in [0.1, 0.15) is 45.5 Å². The lowest BCUT2D eigenvalue weighted by Crippen LogP contribution is -2.53. The summed E-state index contributed by atoms with van der Waals surface area (Å²) in [5.41, 5.74) is 4.69. The fourth-order valence-corrected chi connectivity index (χ4v) is 6.86. The van der Waals surface area contributed by atoms with Gasteiger partial charge in [-0.2, -0.15) is 5.26 Å². The Kier molecular flexibility index (Phi) is 9.65. The predicted molar refractivity (Wildman–Crippen MR) is 190 cm³/mol. The van der Waals surface area contributed by atoms with Gasteiger partial charge in [-0.1, -0.05) is 18.2 Å². The molecule has 0 radical (unpaired) electrons. The van der Waals surface area contributed by atoms with Crippen LogP contribution < -0.4 is 20.3 Å². The molecule has 1 amide bonds. The summed E-state index contributed by atoms with van der Waals surface area (Å²) in [5.74, 6) is -1.01. The number of benzene rings is 3. The first kappa shape index (κ1) is 33.7. The van der Waals surface area contributed by atoms with Crippen molar-refractivity contribution >= 4 is 34.4 Å². The summed E-state index contributed by atoms with van der Waals surface area (Å²) in [6, 6.07) is 21.9. The third kappa shape index (κ3) is 6.73. The van der Waals surface area contributed by atoms with E-state index in [0.29, 0.717) is 59.9 Å². The van der Waals surface area contributed by atoms with Gasteiger partial charge >= 0.3 is 5.97 Å². The van der Waals surface area contributed by atoms with Crippen molar-refractivity contribution in [1.29, 1.82) is 5.26 Å². The number of ether oxygens (including phenoxy) is 2. The molecule has 7 rings (SSSR count). The van der Waals surface area contributed by atoms with Gasteiger partial charge in [0.05, 0.1) is 41.2 Å². The Morgan fingerprint density at radius 3 is 2.65 bits per heavy atom. The second-order valence-electron chi connectivity index (χ2n) is 12.6. The van der Waals surface area contributed by atoms with Crippen LogP contribution in [0.25, 0.3) is 33.6 Å². The average molecular weight is 690 g/mol. The fraction of sp³-hybridized carbons (Fsp3) is 0.282. The molecular formula is C39H36FN5O6. The number of rotatable bonds is 9. The van der Waals surface area contributed by atoms with Crippen molar-refractivity contribution in [1.82, 2.24) is 10.3 Å². The van der Waals surface area contributed by atoms with Gasteiger partial charge in [-0.15, -0.1) is 0 Å². The third-order valence-electron chi connectivity index (χ3n) is 9.48. The van der Waals surface area contributed by atoms with Crippen molar-refractivity contribution in [2.45, 2.75) is 37.5 Å². The van der Waals surface area contributed by atoms with E-state index in [2.05, 4.69) is 21.7 Å². The summed E-state index contributed by atoms with van der Waals surface area (Å²) in [5, 5.41) is 26.4. The first-order valence-electron chi connectivity index (χ1n) is 16.8. The number of alkyl halides is 1. The molecule has 0 spiro atoms. The monoisotopic (exact) mass is 689 g/mol. The van der Waals surface area contributed by atoms with Crippen LogP contribution in [0, 0.1) is 11.3 Å². The van der Waals surface area contributed by atoms with Gasteiger partial charge < -0.3 is 34.5 Å². The standard InChI is InChI=1S/C39H36FN5O6/c1-49-35-19-24(38(46)45(34-11-14-42-22-30(34)40)33-5-3-2-4-28(33)39(47)48)6-8-29(35)36-20-32-37(51-36)27(10-15-43-32)23-7-9-31(25(18-23)21-41)44-26-12-16-50-17-13-26/h2-10,15,18-20,26,30,34,42,44H,11-14,16-17,22H2,1H3,(H,47,48). The number of halogens is 1. The van der Waals surface area contributed by atoms with E-state index in [0.717, 1.165) is 29.7 Å². The lowest BCUT2D eigenvalue weighted by atomic mass is 9.98. The number of para-hydroxylation sites is 1. The molecule has 3 N–H and O–H groups in total. The third-order valence-corrected chi connectivity index (χ3v) is 9.48. The number of carbonyl (C=O) groups is 2. The molecule has 2 saturated heterocycles. The number of piperidine rings is 1. The van der Waals surface area contributed by atoms with Crippen molar-refractivity contribution in [2.75, 3.05) is 43.6 Å². The average Bonchev–Trinajstić information content (AvgIpc) is 3.61. The van der Waals surface area contributed by atoms with E-state index in [1.165, 1.54) is 24.1 Å². The van der Waals surface area contributed by atoms with Crippen LogP contribution in [-0.2, 0) is 4.74 Å².